The van der Waals surface area contributed by atoms with E-state index in [1.54, 1.807) is 6.92 Å². The van der Waals surface area contributed by atoms with Gasteiger partial charge in [-0.1, -0.05) is 13.3 Å². The average molecular weight is 253 g/mol. The summed E-state index contributed by atoms with van der Waals surface area (Å²) in [5.41, 5.74) is 0.437. The van der Waals surface area contributed by atoms with Crippen molar-refractivity contribution >= 4 is 17.5 Å². The number of carboxylic acid groups (broad SMARTS) is 1. The molecule has 0 aliphatic rings. The molecule has 0 bridgehead atoms. The second-order valence-electron chi connectivity index (χ2n) is 3.94. The van der Waals surface area contributed by atoms with Gasteiger partial charge < -0.3 is 10.4 Å². The van der Waals surface area contributed by atoms with Crippen LogP contribution in [-0.2, 0) is 4.79 Å². The normalized spacial score (nSPS) is 11.9. The van der Waals surface area contributed by atoms with Gasteiger partial charge in [-0.2, -0.15) is 0 Å². The second kappa shape index (κ2) is 5.95. The van der Waals surface area contributed by atoms with Gasteiger partial charge >= 0.3 is 5.97 Å². The number of rotatable bonds is 6. The van der Waals surface area contributed by atoms with Crippen molar-refractivity contribution in [1.82, 2.24) is 4.98 Å². The number of hydrogen-bond acceptors (Lipinski definition) is 5. The minimum Gasteiger partial charge on any atom is -0.480 e. The Morgan fingerprint density at radius 1 is 1.67 bits per heavy atom. The molecule has 1 aromatic rings. The Morgan fingerprint density at radius 3 is 2.78 bits per heavy atom. The smallest absolute Gasteiger partial charge is 0.326 e. The lowest BCUT2D eigenvalue weighted by Crippen LogP contribution is -2.29. The summed E-state index contributed by atoms with van der Waals surface area (Å²) >= 11 is 0. The van der Waals surface area contributed by atoms with Gasteiger partial charge in [0.15, 0.2) is 0 Å². The molecule has 0 aliphatic carbocycles. The van der Waals surface area contributed by atoms with Crippen LogP contribution in [0.15, 0.2) is 12.3 Å². The second-order valence-corrected chi connectivity index (χ2v) is 3.94. The van der Waals surface area contributed by atoms with Crippen molar-refractivity contribution in [2.45, 2.75) is 32.7 Å². The standard InChI is InChI=1S/C11H15N3O4/c1-3-4-9(11(15)16)13-10-7(2)5-8(6-12-10)14(17)18/h5-6,9H,3-4H2,1-2H3,(H,12,13)(H,15,16). The summed E-state index contributed by atoms with van der Waals surface area (Å²) in [6.45, 7) is 3.53. The molecule has 2 N–H and O–H groups in total. The van der Waals surface area contributed by atoms with Crippen LogP contribution in [0.5, 0.6) is 0 Å². The molecule has 7 nitrogen and oxygen atoms in total. The van der Waals surface area contributed by atoms with Crippen molar-refractivity contribution < 1.29 is 14.8 Å². The Hall–Kier alpha value is -2.18. The third-order valence-electron chi connectivity index (χ3n) is 2.46. The first-order chi connectivity index (χ1) is 8.45. The van der Waals surface area contributed by atoms with Gasteiger partial charge in [-0.05, 0) is 18.9 Å². The molecule has 98 valence electrons. The molecular formula is C11H15N3O4. The third kappa shape index (κ3) is 3.41. The molecule has 7 heteroatoms. The van der Waals surface area contributed by atoms with Crippen molar-refractivity contribution in [2.75, 3.05) is 5.32 Å². The lowest BCUT2D eigenvalue weighted by molar-refractivity contribution is -0.385. The number of nitrogens with zero attached hydrogens (tertiary/aromatic N) is 2. The largest absolute Gasteiger partial charge is 0.480 e. The van der Waals surface area contributed by atoms with Gasteiger partial charge in [0.05, 0.1) is 4.92 Å². The summed E-state index contributed by atoms with van der Waals surface area (Å²) < 4.78 is 0. The molecule has 0 fully saturated rings. The minimum atomic E-state index is -0.962. The summed E-state index contributed by atoms with van der Waals surface area (Å²) in [4.78, 5) is 24.9. The van der Waals surface area contributed by atoms with E-state index in [0.717, 1.165) is 12.6 Å². The first-order valence-corrected chi connectivity index (χ1v) is 5.56. The van der Waals surface area contributed by atoms with E-state index in [2.05, 4.69) is 10.3 Å². The van der Waals surface area contributed by atoms with Gasteiger partial charge in [-0.15, -0.1) is 0 Å². The Morgan fingerprint density at radius 2 is 2.33 bits per heavy atom. The summed E-state index contributed by atoms with van der Waals surface area (Å²) in [6, 6.07) is 0.628. The van der Waals surface area contributed by atoms with Crippen molar-refractivity contribution in [3.63, 3.8) is 0 Å². The van der Waals surface area contributed by atoms with Crippen molar-refractivity contribution in [2.24, 2.45) is 0 Å². The minimum absolute atomic E-state index is 0.111. The third-order valence-corrected chi connectivity index (χ3v) is 2.46. The van der Waals surface area contributed by atoms with E-state index in [9.17, 15) is 14.9 Å². The number of aliphatic carboxylic acids is 1. The zero-order valence-corrected chi connectivity index (χ0v) is 10.2. The molecule has 18 heavy (non-hydrogen) atoms. The molecular weight excluding hydrogens is 238 g/mol. The van der Waals surface area contributed by atoms with E-state index in [-0.39, 0.29) is 5.69 Å². The van der Waals surface area contributed by atoms with Crippen LogP contribution in [-0.4, -0.2) is 27.0 Å². The number of pyridine rings is 1. The number of nitrogens with one attached hydrogen (secondary N) is 1. The van der Waals surface area contributed by atoms with Crippen LogP contribution in [0.25, 0.3) is 0 Å². The molecule has 1 rings (SSSR count). The fourth-order valence-corrected chi connectivity index (χ4v) is 1.52. The van der Waals surface area contributed by atoms with Crippen LogP contribution in [0, 0.1) is 17.0 Å². The number of anilines is 1. The van der Waals surface area contributed by atoms with Gasteiger partial charge in [0, 0.05) is 6.07 Å². The summed E-state index contributed by atoms with van der Waals surface area (Å²) in [5, 5.41) is 22.3. The van der Waals surface area contributed by atoms with Crippen LogP contribution >= 0.6 is 0 Å². The highest BCUT2D eigenvalue weighted by molar-refractivity contribution is 5.77. The zero-order chi connectivity index (χ0) is 13.7. The maximum atomic E-state index is 11.0. The number of aryl methyl sites for hydroxylation is 1. The topological polar surface area (TPSA) is 105 Å². The summed E-state index contributed by atoms with van der Waals surface area (Å²) in [6.07, 6.45) is 2.30. The molecule has 0 saturated heterocycles. The molecule has 0 amide bonds. The molecule has 0 aliphatic heterocycles. The van der Waals surface area contributed by atoms with E-state index in [1.165, 1.54) is 6.07 Å². The fraction of sp³-hybridized carbons (Fsp3) is 0.455. The van der Waals surface area contributed by atoms with Gasteiger partial charge in [-0.25, -0.2) is 9.78 Å². The van der Waals surface area contributed by atoms with Gasteiger partial charge in [0.25, 0.3) is 5.69 Å². The maximum Gasteiger partial charge on any atom is 0.326 e. The zero-order valence-electron chi connectivity index (χ0n) is 10.2. The van der Waals surface area contributed by atoms with E-state index in [1.807, 2.05) is 6.92 Å². The van der Waals surface area contributed by atoms with Gasteiger partial charge in [0.2, 0.25) is 0 Å². The molecule has 1 aromatic heterocycles. The maximum absolute atomic E-state index is 11.0. The molecule has 0 saturated carbocycles. The molecule has 1 unspecified atom stereocenters. The summed E-state index contributed by atoms with van der Waals surface area (Å²) in [7, 11) is 0. The van der Waals surface area contributed by atoms with Gasteiger partial charge in [-0.3, -0.25) is 10.1 Å². The number of hydrogen-bond donors (Lipinski definition) is 2. The van der Waals surface area contributed by atoms with Crippen molar-refractivity contribution in [3.8, 4) is 0 Å². The molecule has 0 aromatic carbocycles. The van der Waals surface area contributed by atoms with Crippen LogP contribution in [0.2, 0.25) is 0 Å². The number of carbonyl (C=O) groups is 1. The van der Waals surface area contributed by atoms with Crippen LogP contribution in [0.4, 0.5) is 11.5 Å². The quantitative estimate of drug-likeness (QED) is 0.593. The Balaban J connectivity index is 2.90. The summed E-state index contributed by atoms with van der Waals surface area (Å²) in [5.74, 6) is -0.599. The highest BCUT2D eigenvalue weighted by Gasteiger charge is 2.18. The van der Waals surface area contributed by atoms with Crippen LogP contribution < -0.4 is 5.32 Å². The first-order valence-electron chi connectivity index (χ1n) is 5.56. The number of aromatic nitrogens is 1. The fourth-order valence-electron chi connectivity index (χ4n) is 1.52. The number of nitro groups is 1. The Bertz CT molecular complexity index is 462. The first kappa shape index (κ1) is 13.9. The predicted octanol–water partition coefficient (Wildman–Crippen LogP) is 1.96. The molecule has 1 atom stereocenters. The van der Waals surface area contributed by atoms with E-state index in [0.29, 0.717) is 17.8 Å². The van der Waals surface area contributed by atoms with E-state index < -0.39 is 16.9 Å². The molecule has 1 heterocycles. The van der Waals surface area contributed by atoms with Crippen molar-refractivity contribution in [3.05, 3.63) is 27.9 Å². The van der Waals surface area contributed by atoms with Crippen LogP contribution in [0.1, 0.15) is 25.3 Å². The lowest BCUT2D eigenvalue weighted by atomic mass is 10.1. The average Bonchev–Trinajstić information content (AvgIpc) is 2.30. The van der Waals surface area contributed by atoms with Crippen molar-refractivity contribution in [1.29, 1.82) is 0 Å². The Kier molecular flexibility index (Phi) is 4.59. The van der Waals surface area contributed by atoms with Gasteiger partial charge in [0.1, 0.15) is 18.1 Å². The number of carboxylic acids is 1. The predicted molar refractivity (Wildman–Crippen MR) is 65.6 cm³/mol. The molecule has 0 spiro atoms. The lowest BCUT2D eigenvalue weighted by Gasteiger charge is -2.15. The Labute approximate surface area is 104 Å². The molecule has 0 radical (unpaired) electrons. The van der Waals surface area contributed by atoms with E-state index >= 15 is 0 Å². The SMILES string of the molecule is CCCC(Nc1ncc([N+](=O)[O-])cc1C)C(=O)O. The monoisotopic (exact) mass is 253 g/mol. The van der Waals surface area contributed by atoms with E-state index in [4.69, 9.17) is 5.11 Å². The highest BCUT2D eigenvalue weighted by atomic mass is 16.6. The highest BCUT2D eigenvalue weighted by Crippen LogP contribution is 2.19. The van der Waals surface area contributed by atoms with Crippen LogP contribution in [0.3, 0.4) is 0 Å².